The van der Waals surface area contributed by atoms with E-state index in [4.69, 9.17) is 0 Å². The molecule has 1 fully saturated rings. The summed E-state index contributed by atoms with van der Waals surface area (Å²) < 4.78 is 26.8. The Morgan fingerprint density at radius 3 is 2.27 bits per heavy atom. The number of carbonyl (C=O) groups excluding carboxylic acids is 2. The number of benzene rings is 1. The number of piperazine rings is 1. The van der Waals surface area contributed by atoms with Crippen molar-refractivity contribution in [3.8, 4) is 0 Å². The first-order valence-corrected chi connectivity index (χ1v) is 11.9. The molecule has 0 atom stereocenters. The van der Waals surface area contributed by atoms with Crippen LogP contribution in [0.1, 0.15) is 40.0 Å². The summed E-state index contributed by atoms with van der Waals surface area (Å²) >= 11 is 0.674. The molecule has 1 N–H and O–H groups in total. The molecule has 0 spiro atoms. The smallest absolute Gasteiger partial charge is 0.305 e. The molecule has 162 valence electrons. The largest absolute Gasteiger partial charge is 0.340 e. The van der Waals surface area contributed by atoms with Gasteiger partial charge in [0.2, 0.25) is 5.91 Å². The van der Waals surface area contributed by atoms with Crippen molar-refractivity contribution in [1.82, 2.24) is 14.2 Å². The highest BCUT2D eigenvalue weighted by Gasteiger charge is 2.32. The zero-order chi connectivity index (χ0) is 22.1. The van der Waals surface area contributed by atoms with Crippen LogP contribution in [0.4, 0.5) is 0 Å². The molecular formula is C20H25N3O5S2. The molecule has 0 saturated carbocycles. The fourth-order valence-electron chi connectivity index (χ4n) is 3.37. The third-order valence-electron chi connectivity index (χ3n) is 5.34. The summed E-state index contributed by atoms with van der Waals surface area (Å²) in [6, 6.07) is 5.51. The Labute approximate surface area is 179 Å². The maximum absolute atomic E-state index is 12.8. The Balaban J connectivity index is 1.55. The van der Waals surface area contributed by atoms with Gasteiger partial charge in [0.05, 0.1) is 0 Å². The lowest BCUT2D eigenvalue weighted by Crippen LogP contribution is -2.50. The lowest BCUT2D eigenvalue weighted by Gasteiger charge is -2.33. The maximum Gasteiger partial charge on any atom is 0.305 e. The Morgan fingerprint density at radius 1 is 1.03 bits per heavy atom. The molecule has 0 bridgehead atoms. The molecule has 1 saturated heterocycles. The van der Waals surface area contributed by atoms with Crippen molar-refractivity contribution in [3.63, 3.8) is 0 Å². The van der Waals surface area contributed by atoms with Crippen LogP contribution in [0.25, 0.3) is 0 Å². The Morgan fingerprint density at radius 2 is 1.70 bits per heavy atom. The van der Waals surface area contributed by atoms with Crippen molar-refractivity contribution in [2.45, 2.75) is 37.8 Å². The fraction of sp³-hybridized carbons (Fsp3) is 0.450. The first-order chi connectivity index (χ1) is 14.1. The van der Waals surface area contributed by atoms with Crippen molar-refractivity contribution in [1.29, 1.82) is 0 Å². The lowest BCUT2D eigenvalue weighted by atomic mass is 10.0. The molecule has 3 rings (SSSR count). The van der Waals surface area contributed by atoms with Crippen LogP contribution in [0.2, 0.25) is 0 Å². The average molecular weight is 452 g/mol. The number of hydrogen-bond donors (Lipinski definition) is 1. The number of aryl methyl sites for hydroxylation is 3. The highest BCUT2D eigenvalue weighted by atomic mass is 32.2. The van der Waals surface area contributed by atoms with Gasteiger partial charge >= 0.3 is 4.87 Å². The summed E-state index contributed by atoms with van der Waals surface area (Å²) in [6.45, 7) is 6.30. The van der Waals surface area contributed by atoms with Gasteiger partial charge in [-0.15, -0.1) is 0 Å². The summed E-state index contributed by atoms with van der Waals surface area (Å²) in [7, 11) is -3.76. The number of sulfonamides is 1. The van der Waals surface area contributed by atoms with Gasteiger partial charge in [0.15, 0.2) is 9.99 Å². The summed E-state index contributed by atoms with van der Waals surface area (Å²) in [5, 5.41) is 0. The fourth-order valence-corrected chi connectivity index (χ4v) is 6.23. The van der Waals surface area contributed by atoms with Crippen molar-refractivity contribution in [2.24, 2.45) is 0 Å². The quantitative estimate of drug-likeness (QED) is 0.675. The number of nitrogens with one attached hydrogen (secondary N) is 1. The number of thiazole rings is 1. The second-order valence-corrected chi connectivity index (χ2v) is 10.6. The van der Waals surface area contributed by atoms with Crippen molar-refractivity contribution in [3.05, 3.63) is 50.3 Å². The minimum Gasteiger partial charge on any atom is -0.340 e. The molecular weight excluding hydrogens is 426 g/mol. The minimum absolute atomic E-state index is 0.0197. The third kappa shape index (κ3) is 4.71. The van der Waals surface area contributed by atoms with E-state index in [2.05, 4.69) is 4.98 Å². The molecule has 8 nitrogen and oxygen atoms in total. The van der Waals surface area contributed by atoms with Crippen LogP contribution >= 0.6 is 11.3 Å². The molecule has 1 aliphatic heterocycles. The van der Waals surface area contributed by atoms with E-state index in [0.717, 1.165) is 11.1 Å². The normalized spacial score (nSPS) is 15.4. The Hall–Kier alpha value is -2.30. The molecule has 2 heterocycles. The van der Waals surface area contributed by atoms with E-state index in [9.17, 15) is 22.8 Å². The van der Waals surface area contributed by atoms with Gasteiger partial charge in [0.25, 0.3) is 10.0 Å². The highest BCUT2D eigenvalue weighted by Crippen LogP contribution is 2.22. The van der Waals surface area contributed by atoms with E-state index >= 15 is 0 Å². The van der Waals surface area contributed by atoms with Crippen LogP contribution in [0.5, 0.6) is 0 Å². The number of rotatable bonds is 6. The third-order valence-corrected chi connectivity index (χ3v) is 8.82. The molecule has 1 aliphatic rings. The summed E-state index contributed by atoms with van der Waals surface area (Å²) in [6.07, 6.45) is 0.216. The molecule has 10 heteroatoms. The van der Waals surface area contributed by atoms with Crippen molar-refractivity contribution in [2.75, 3.05) is 26.2 Å². The van der Waals surface area contributed by atoms with Crippen LogP contribution in [0.15, 0.2) is 27.2 Å². The lowest BCUT2D eigenvalue weighted by molar-refractivity contribution is -0.132. The molecule has 1 aromatic heterocycles. The zero-order valence-electron chi connectivity index (χ0n) is 17.2. The van der Waals surface area contributed by atoms with Crippen LogP contribution in [-0.2, 0) is 14.8 Å². The molecule has 1 amide bonds. The maximum atomic E-state index is 12.8. The van der Waals surface area contributed by atoms with E-state index in [1.165, 1.54) is 4.31 Å². The average Bonchev–Trinajstić information content (AvgIpc) is 3.06. The van der Waals surface area contributed by atoms with E-state index in [0.29, 0.717) is 22.6 Å². The van der Waals surface area contributed by atoms with E-state index < -0.39 is 14.9 Å². The van der Waals surface area contributed by atoms with Gasteiger partial charge in [0, 0.05) is 50.3 Å². The number of aromatic amines is 1. The molecule has 0 aliphatic carbocycles. The van der Waals surface area contributed by atoms with Crippen molar-refractivity contribution < 1.29 is 18.0 Å². The minimum atomic E-state index is -3.76. The standard InChI is InChI=1S/C20H25N3O5S2/c1-13-4-5-16(12-14(13)2)17(24)6-7-18(25)22-8-10-23(11-9-22)30(27,28)19-15(3)21-20(26)29-19/h4-5,12H,6-11H2,1-3H3,(H,21,26). The van der Waals surface area contributed by atoms with Gasteiger partial charge in [-0.2, -0.15) is 4.31 Å². The van der Waals surface area contributed by atoms with Crippen LogP contribution in [0.3, 0.4) is 0 Å². The number of carbonyl (C=O) groups is 2. The van der Waals surface area contributed by atoms with Gasteiger partial charge in [-0.25, -0.2) is 8.42 Å². The van der Waals surface area contributed by atoms with Gasteiger partial charge in [0.1, 0.15) is 0 Å². The number of aromatic nitrogens is 1. The SMILES string of the molecule is Cc1ccc(C(=O)CCC(=O)N2CCN(S(=O)(=O)c3sc(=O)[nH]c3C)CC2)cc1C. The first kappa shape index (κ1) is 22.4. The van der Waals surface area contributed by atoms with E-state index in [1.807, 2.05) is 26.0 Å². The predicted molar refractivity (Wildman–Crippen MR) is 114 cm³/mol. The van der Waals surface area contributed by atoms with E-state index in [-0.39, 0.29) is 54.9 Å². The van der Waals surface area contributed by atoms with Crippen LogP contribution in [-0.4, -0.2) is 60.5 Å². The van der Waals surface area contributed by atoms with Crippen molar-refractivity contribution >= 4 is 33.1 Å². The Kier molecular flexibility index (Phi) is 6.59. The first-order valence-electron chi connectivity index (χ1n) is 9.67. The molecule has 0 unspecified atom stereocenters. The van der Waals surface area contributed by atoms with Crippen LogP contribution < -0.4 is 4.87 Å². The topological polar surface area (TPSA) is 108 Å². The number of Topliss-reactive ketones (excluding diaryl/α,β-unsaturated/α-hetero) is 1. The molecule has 30 heavy (non-hydrogen) atoms. The zero-order valence-corrected chi connectivity index (χ0v) is 18.9. The van der Waals surface area contributed by atoms with Gasteiger partial charge < -0.3 is 9.88 Å². The summed E-state index contributed by atoms with van der Waals surface area (Å²) in [5.41, 5.74) is 3.07. The molecule has 2 aromatic rings. The summed E-state index contributed by atoms with van der Waals surface area (Å²) in [5.74, 6) is -0.239. The number of hydrogen-bond acceptors (Lipinski definition) is 6. The second-order valence-electron chi connectivity index (χ2n) is 7.43. The Bertz CT molecular complexity index is 1130. The monoisotopic (exact) mass is 451 g/mol. The predicted octanol–water partition coefficient (Wildman–Crippen LogP) is 1.86. The number of H-pyrrole nitrogens is 1. The molecule has 1 aromatic carbocycles. The molecule has 0 radical (unpaired) electrons. The van der Waals surface area contributed by atoms with Gasteiger partial charge in [-0.3, -0.25) is 14.4 Å². The van der Waals surface area contributed by atoms with Crippen LogP contribution in [0, 0.1) is 20.8 Å². The second kappa shape index (κ2) is 8.83. The number of nitrogens with zero attached hydrogens (tertiary/aromatic N) is 2. The highest BCUT2D eigenvalue weighted by molar-refractivity contribution is 7.91. The number of ketones is 1. The van der Waals surface area contributed by atoms with E-state index in [1.54, 1.807) is 17.9 Å². The summed E-state index contributed by atoms with van der Waals surface area (Å²) in [4.78, 5) is 40.0. The van der Waals surface area contributed by atoms with Gasteiger partial charge in [-0.05, 0) is 38.0 Å². The number of amides is 1. The van der Waals surface area contributed by atoms with Gasteiger partial charge in [-0.1, -0.05) is 23.5 Å².